The smallest absolute Gasteiger partial charge is 0.158 e. The summed E-state index contributed by atoms with van der Waals surface area (Å²) in [6, 6.07) is 8.08. The molecule has 2 aliphatic carbocycles. The molecule has 0 spiro atoms. The van der Waals surface area contributed by atoms with E-state index in [2.05, 4.69) is 109 Å². The van der Waals surface area contributed by atoms with E-state index in [1.54, 1.807) is 6.08 Å². The highest BCUT2D eigenvalue weighted by Gasteiger charge is 2.28. The van der Waals surface area contributed by atoms with Crippen molar-refractivity contribution < 1.29 is 9.59 Å². The first-order chi connectivity index (χ1) is 25.0. The first-order valence-electron chi connectivity index (χ1n) is 19.5. The fourth-order valence-corrected chi connectivity index (χ4v) is 4.69. The Morgan fingerprint density at radius 3 is 1.72 bits per heavy atom. The van der Waals surface area contributed by atoms with Crippen molar-refractivity contribution in [2.24, 2.45) is 46.3 Å². The Bertz CT molecular complexity index is 977. The number of halogens is 1. The molecule has 3 rings (SSSR count). The second-order valence-electron chi connectivity index (χ2n) is 15.3. The van der Waals surface area contributed by atoms with Gasteiger partial charge >= 0.3 is 0 Å². The van der Waals surface area contributed by atoms with Crippen LogP contribution in [0.5, 0.6) is 0 Å². The molecule has 2 unspecified atom stereocenters. The van der Waals surface area contributed by atoms with Gasteiger partial charge in [-0.15, -0.1) is 18.2 Å². The topological polar surface area (TPSA) is 136 Å². The molecule has 0 aliphatic heterocycles. The fraction of sp³-hybridized carbons (Fsp3) is 0.644. The van der Waals surface area contributed by atoms with Gasteiger partial charge in [-0.1, -0.05) is 131 Å². The molecule has 1 aromatic rings. The predicted molar refractivity (Wildman–Crippen MR) is 239 cm³/mol. The van der Waals surface area contributed by atoms with Crippen molar-refractivity contribution in [3.8, 4) is 0 Å². The molecule has 8 heteroatoms. The van der Waals surface area contributed by atoms with Gasteiger partial charge in [0.15, 0.2) is 5.78 Å². The van der Waals surface area contributed by atoms with E-state index >= 15 is 0 Å². The predicted octanol–water partition coefficient (Wildman–Crippen LogP) is 10.1. The number of rotatable bonds is 14. The number of benzene rings is 1. The molecule has 53 heavy (non-hydrogen) atoms. The molecule has 8 N–H and O–H groups in total. The number of allylic oxidation sites excluding steroid dienone is 2. The molecule has 0 aromatic heterocycles. The number of alkyl halides is 1. The first kappa shape index (κ1) is 59.4. The number of hydrogen-bond acceptors (Lipinski definition) is 7. The van der Waals surface area contributed by atoms with E-state index in [1.165, 1.54) is 56.1 Å². The molecular weight excluding hydrogens is 678 g/mol. The summed E-state index contributed by atoms with van der Waals surface area (Å²) < 4.78 is 0. The van der Waals surface area contributed by atoms with Gasteiger partial charge in [-0.25, -0.2) is 0 Å². The summed E-state index contributed by atoms with van der Waals surface area (Å²) >= 11 is 5.19. The molecule has 1 aromatic carbocycles. The summed E-state index contributed by atoms with van der Waals surface area (Å²) in [6.45, 7) is 33.9. The van der Waals surface area contributed by atoms with Crippen LogP contribution in [0.15, 0.2) is 74.8 Å². The minimum atomic E-state index is -0.232. The van der Waals surface area contributed by atoms with Crippen LogP contribution in [-0.4, -0.2) is 44.6 Å². The highest BCUT2D eigenvalue weighted by molar-refractivity contribution is 6.17. The van der Waals surface area contributed by atoms with Gasteiger partial charge in [-0.3, -0.25) is 4.79 Å². The zero-order chi connectivity index (χ0) is 42.3. The molecule has 0 heterocycles. The molecule has 0 radical (unpaired) electrons. The van der Waals surface area contributed by atoms with E-state index in [-0.39, 0.29) is 23.7 Å². The summed E-state index contributed by atoms with van der Waals surface area (Å²) in [6.07, 6.45) is 16.9. The molecule has 7 nitrogen and oxygen atoms in total. The number of fused-ring (bicyclic) bond motifs is 1. The molecule has 310 valence electrons. The van der Waals surface area contributed by atoms with Crippen molar-refractivity contribution in [1.29, 1.82) is 0 Å². The number of unbranched alkanes of at least 4 members (excludes halogenated alkanes) is 1. The molecule has 0 amide bonds. The van der Waals surface area contributed by atoms with E-state index in [4.69, 9.17) is 17.3 Å². The lowest BCUT2D eigenvalue weighted by Crippen LogP contribution is -2.39. The standard InChI is InChI=1S/C14H25NO.C13H16N2O.C5H12.C4H10.C3H7Cl.C3H6.C2H5N.CH5N/c1-3-14(16)13(9-4-5-10-15-2)11-12-7-6-8-12;1-9(14)15-13(8-16)12-6-10-4-2-3-5-11(10)7-12;1-5(2,3)4;1-4(2)3;1-2-3-4;1-3-2;1-2-3;1-2/h3,12-13,15H,1,4-11H2,2H3;2-5,8,12-13,15H,1,6-7,14H2;1-4H3;4H,1-3H3;2-3H2,1H3;3H,1H2,2H3;2H,1,3H2;2H2,1H3. The number of nitrogens with two attached hydrogens (primary N) is 3. The molecule has 1 fully saturated rings. The van der Waals surface area contributed by atoms with E-state index < -0.39 is 0 Å². The van der Waals surface area contributed by atoms with Crippen LogP contribution in [0.25, 0.3) is 0 Å². The minimum Gasteiger partial charge on any atom is -0.405 e. The van der Waals surface area contributed by atoms with Crippen LogP contribution < -0.4 is 27.8 Å². The van der Waals surface area contributed by atoms with Crippen molar-refractivity contribution in [3.05, 3.63) is 85.9 Å². The zero-order valence-corrected chi connectivity index (χ0v) is 37.0. The summed E-state index contributed by atoms with van der Waals surface area (Å²) in [5.74, 6) is 3.59. The minimum absolute atomic E-state index is 0.232. The van der Waals surface area contributed by atoms with Gasteiger partial charge in [0.05, 0.1) is 11.9 Å². The van der Waals surface area contributed by atoms with Crippen molar-refractivity contribution >= 4 is 23.7 Å². The van der Waals surface area contributed by atoms with Crippen LogP contribution in [0.2, 0.25) is 0 Å². The SMILES string of the molecule is C=C(N)NC(C=O)C1Cc2ccccc2C1.C=CC.C=CC(=O)C(CCCCNC)CC1CCC1.C=CN.CC(C)(C)C.CC(C)C.CCCCl.CN. The normalized spacial score (nSPS) is 13.3. The number of nitrogens with one attached hydrogen (secondary N) is 2. The van der Waals surface area contributed by atoms with Crippen LogP contribution in [0, 0.1) is 29.1 Å². The number of ketones is 1. The zero-order valence-electron chi connectivity index (χ0n) is 36.2. The number of hydrogen-bond donors (Lipinski definition) is 5. The third-order valence-electron chi connectivity index (χ3n) is 6.95. The van der Waals surface area contributed by atoms with Gasteiger partial charge in [0.1, 0.15) is 6.29 Å². The van der Waals surface area contributed by atoms with Crippen molar-refractivity contribution in [2.75, 3.05) is 26.5 Å². The van der Waals surface area contributed by atoms with Crippen LogP contribution in [0.1, 0.15) is 125 Å². The van der Waals surface area contributed by atoms with Crippen molar-refractivity contribution in [1.82, 2.24) is 10.6 Å². The van der Waals surface area contributed by atoms with Crippen LogP contribution in [0.4, 0.5) is 0 Å². The Kier molecular flexibility index (Phi) is 46.9. The van der Waals surface area contributed by atoms with Crippen molar-refractivity contribution in [2.45, 2.75) is 133 Å². The number of carbonyl (C=O) groups is 2. The fourth-order valence-electron chi connectivity index (χ4n) is 4.69. The third-order valence-corrected chi connectivity index (χ3v) is 7.33. The Labute approximate surface area is 334 Å². The Balaban J connectivity index is -0.000000192. The van der Waals surface area contributed by atoms with Gasteiger partial charge in [0.25, 0.3) is 0 Å². The summed E-state index contributed by atoms with van der Waals surface area (Å²) in [4.78, 5) is 22.7. The highest BCUT2D eigenvalue weighted by Crippen LogP contribution is 2.34. The van der Waals surface area contributed by atoms with Crippen LogP contribution >= 0.6 is 11.6 Å². The molecule has 0 saturated heterocycles. The molecule has 2 aliphatic rings. The van der Waals surface area contributed by atoms with Crippen LogP contribution in [0.3, 0.4) is 0 Å². The maximum absolute atomic E-state index is 11.7. The number of aldehydes is 1. The first-order valence-corrected chi connectivity index (χ1v) is 20.1. The maximum Gasteiger partial charge on any atom is 0.158 e. The van der Waals surface area contributed by atoms with E-state index in [1.807, 2.05) is 33.0 Å². The van der Waals surface area contributed by atoms with Gasteiger partial charge in [-0.05, 0) is 113 Å². The van der Waals surface area contributed by atoms with E-state index in [9.17, 15) is 9.59 Å². The molecule has 0 bridgehead atoms. The third kappa shape index (κ3) is 45.2. The lowest BCUT2D eigenvalue weighted by atomic mass is 9.76. The Hall–Kier alpha value is -2.87. The van der Waals surface area contributed by atoms with Crippen molar-refractivity contribution in [3.63, 3.8) is 0 Å². The van der Waals surface area contributed by atoms with Gasteiger partial charge in [-0.2, -0.15) is 0 Å². The molecule has 1 saturated carbocycles. The number of carbonyl (C=O) groups excluding carboxylic acids is 2. The van der Waals surface area contributed by atoms with Gasteiger partial charge in [0.2, 0.25) is 0 Å². The summed E-state index contributed by atoms with van der Waals surface area (Å²) in [5, 5.41) is 6.06. The quantitative estimate of drug-likeness (QED) is 0.0418. The Morgan fingerprint density at radius 2 is 1.43 bits per heavy atom. The second kappa shape index (κ2) is 41.9. The second-order valence-corrected chi connectivity index (χ2v) is 15.6. The maximum atomic E-state index is 11.7. The van der Waals surface area contributed by atoms with Crippen LogP contribution in [-0.2, 0) is 22.4 Å². The lowest BCUT2D eigenvalue weighted by Gasteiger charge is -2.28. The summed E-state index contributed by atoms with van der Waals surface area (Å²) in [7, 11) is 3.47. The van der Waals surface area contributed by atoms with E-state index in [0.29, 0.717) is 11.2 Å². The monoisotopic (exact) mass is 764 g/mol. The summed E-state index contributed by atoms with van der Waals surface area (Å²) in [5.41, 5.74) is 17.8. The average Bonchev–Trinajstić information content (AvgIpc) is 3.51. The molecule has 2 atom stereocenters. The van der Waals surface area contributed by atoms with E-state index in [0.717, 1.165) is 69.1 Å². The molecular formula is C45H86ClN5O2. The van der Waals surface area contributed by atoms with Gasteiger partial charge < -0.3 is 32.6 Å². The highest BCUT2D eigenvalue weighted by atomic mass is 35.5. The largest absolute Gasteiger partial charge is 0.405 e. The van der Waals surface area contributed by atoms with Gasteiger partial charge in [0, 0.05) is 11.8 Å². The average molecular weight is 765 g/mol. The Morgan fingerprint density at radius 1 is 1.02 bits per heavy atom. The lowest BCUT2D eigenvalue weighted by molar-refractivity contribution is -0.119.